The molecule has 0 aliphatic heterocycles. The van der Waals surface area contributed by atoms with E-state index in [2.05, 4.69) is 15.3 Å². The van der Waals surface area contributed by atoms with E-state index < -0.39 is 23.5 Å². The van der Waals surface area contributed by atoms with Crippen molar-refractivity contribution >= 4 is 51.4 Å². The Hall–Kier alpha value is -4.57. The molecule has 0 radical (unpaired) electrons. The molecule has 0 bridgehead atoms. The molecule has 9 nitrogen and oxygen atoms in total. The van der Waals surface area contributed by atoms with Gasteiger partial charge in [0.15, 0.2) is 0 Å². The third kappa shape index (κ3) is 5.55. The highest BCUT2D eigenvalue weighted by molar-refractivity contribution is 6.35. The van der Waals surface area contributed by atoms with Gasteiger partial charge in [0.05, 0.1) is 32.7 Å². The van der Waals surface area contributed by atoms with Crippen molar-refractivity contribution in [3.05, 3.63) is 77.1 Å². The van der Waals surface area contributed by atoms with E-state index >= 15 is 4.39 Å². The van der Waals surface area contributed by atoms with Crippen molar-refractivity contribution in [2.45, 2.75) is 46.1 Å². The number of rotatable bonds is 6. The van der Waals surface area contributed by atoms with Crippen LogP contribution in [0.3, 0.4) is 0 Å². The number of benzene rings is 2. The maximum absolute atomic E-state index is 15.3. The number of imidazole rings is 1. The van der Waals surface area contributed by atoms with Gasteiger partial charge in [0.25, 0.3) is 0 Å². The zero-order valence-corrected chi connectivity index (χ0v) is 23.6. The molecule has 3 heterocycles. The number of anilines is 1. The van der Waals surface area contributed by atoms with Crippen LogP contribution in [0.4, 0.5) is 15.0 Å². The van der Waals surface area contributed by atoms with E-state index in [0.29, 0.717) is 39.6 Å². The summed E-state index contributed by atoms with van der Waals surface area (Å²) in [6.07, 6.45) is 3.59. The van der Waals surface area contributed by atoms with Crippen LogP contribution < -0.4 is 5.32 Å². The monoisotopic (exact) mass is 575 g/mol. The SMILES string of the molecule is CCCc1nc2c(C(=O)O)cc(-c3ccnc(NC(=O)OC(C)(C)C)c3)cc2n1-c1ccnc2c(Cl)ccc(F)c12. The smallest absolute Gasteiger partial charge is 0.413 e. The second kappa shape index (κ2) is 10.8. The van der Waals surface area contributed by atoms with Gasteiger partial charge in [-0.05, 0) is 80.8 Å². The van der Waals surface area contributed by atoms with Crippen LogP contribution in [0.25, 0.3) is 38.8 Å². The summed E-state index contributed by atoms with van der Waals surface area (Å²) in [5.74, 6) is -0.889. The number of carbonyl (C=O) groups is 2. The largest absolute Gasteiger partial charge is 0.478 e. The number of fused-ring (bicyclic) bond motifs is 2. The number of nitrogens with zero attached hydrogens (tertiary/aromatic N) is 4. The third-order valence-corrected chi connectivity index (χ3v) is 6.57. The molecule has 5 rings (SSSR count). The predicted molar refractivity (Wildman–Crippen MR) is 155 cm³/mol. The number of hydrogen-bond acceptors (Lipinski definition) is 6. The van der Waals surface area contributed by atoms with Gasteiger partial charge in [-0.3, -0.25) is 14.9 Å². The molecule has 41 heavy (non-hydrogen) atoms. The number of ether oxygens (including phenoxy) is 1. The number of aromatic nitrogens is 4. The van der Waals surface area contributed by atoms with Crippen LogP contribution in [0, 0.1) is 5.82 Å². The summed E-state index contributed by atoms with van der Waals surface area (Å²) in [6.45, 7) is 7.23. The summed E-state index contributed by atoms with van der Waals surface area (Å²) in [7, 11) is 0. The molecule has 0 unspecified atom stereocenters. The zero-order chi connectivity index (χ0) is 29.5. The Morgan fingerprint density at radius 3 is 2.51 bits per heavy atom. The summed E-state index contributed by atoms with van der Waals surface area (Å²) < 4.78 is 22.3. The van der Waals surface area contributed by atoms with Crippen molar-refractivity contribution < 1.29 is 23.8 Å². The normalized spacial score (nSPS) is 11.7. The van der Waals surface area contributed by atoms with Gasteiger partial charge < -0.3 is 9.84 Å². The van der Waals surface area contributed by atoms with Gasteiger partial charge in [0.1, 0.15) is 28.6 Å². The molecule has 0 aliphatic rings. The number of nitrogens with one attached hydrogen (secondary N) is 1. The molecule has 2 aromatic carbocycles. The standard InChI is InChI=1S/C30H27ClFN5O4/c1-5-6-24-36-26-18(28(38)39)13-17(16-9-11-33-23(15-16)35-29(40)41-30(2,3)4)14-22(26)37(24)21-10-12-34-27-19(31)7-8-20(32)25(21)27/h7-15H,5-6H2,1-4H3,(H,38,39)(H,33,35,40). The lowest BCUT2D eigenvalue weighted by atomic mass is 10.0. The van der Waals surface area contributed by atoms with Crippen LogP contribution in [-0.4, -0.2) is 42.3 Å². The molecule has 0 saturated heterocycles. The molecule has 0 atom stereocenters. The van der Waals surface area contributed by atoms with E-state index in [4.69, 9.17) is 21.3 Å². The lowest BCUT2D eigenvalue weighted by Gasteiger charge is -2.19. The van der Waals surface area contributed by atoms with Gasteiger partial charge >= 0.3 is 12.1 Å². The van der Waals surface area contributed by atoms with Crippen molar-refractivity contribution in [1.82, 2.24) is 19.5 Å². The number of carboxylic acids is 1. The van der Waals surface area contributed by atoms with Gasteiger partial charge in [0, 0.05) is 18.8 Å². The van der Waals surface area contributed by atoms with Crippen molar-refractivity contribution in [3.63, 3.8) is 0 Å². The topological polar surface area (TPSA) is 119 Å². The predicted octanol–water partition coefficient (Wildman–Crippen LogP) is 7.43. The average molecular weight is 576 g/mol. The molecule has 0 spiro atoms. The van der Waals surface area contributed by atoms with E-state index in [1.165, 1.54) is 30.6 Å². The highest BCUT2D eigenvalue weighted by Gasteiger charge is 2.23. The van der Waals surface area contributed by atoms with Crippen LogP contribution in [-0.2, 0) is 11.2 Å². The Morgan fingerprint density at radius 2 is 1.80 bits per heavy atom. The third-order valence-electron chi connectivity index (χ3n) is 6.27. The van der Waals surface area contributed by atoms with E-state index in [1.807, 2.05) is 6.92 Å². The van der Waals surface area contributed by atoms with Crippen molar-refractivity contribution in [2.75, 3.05) is 5.32 Å². The number of halogens is 2. The Kier molecular flexibility index (Phi) is 7.35. The maximum atomic E-state index is 15.3. The molecule has 0 saturated carbocycles. The molecule has 0 aliphatic carbocycles. The summed E-state index contributed by atoms with van der Waals surface area (Å²) in [6, 6.07) is 11.0. The number of amides is 1. The summed E-state index contributed by atoms with van der Waals surface area (Å²) in [5.41, 5.74) is 1.86. The Labute approximate surface area is 240 Å². The minimum atomic E-state index is -1.17. The first-order chi connectivity index (χ1) is 19.5. The van der Waals surface area contributed by atoms with Gasteiger partial charge in [-0.25, -0.2) is 23.9 Å². The van der Waals surface area contributed by atoms with Crippen LogP contribution in [0.2, 0.25) is 5.02 Å². The fraction of sp³-hybridized carbons (Fsp3) is 0.233. The maximum Gasteiger partial charge on any atom is 0.413 e. The number of aromatic carboxylic acids is 1. The number of hydrogen-bond donors (Lipinski definition) is 2. The summed E-state index contributed by atoms with van der Waals surface area (Å²) in [4.78, 5) is 37.9. The van der Waals surface area contributed by atoms with Gasteiger partial charge in [-0.2, -0.15) is 0 Å². The highest BCUT2D eigenvalue weighted by Crippen LogP contribution is 2.35. The number of carbonyl (C=O) groups excluding carboxylic acids is 1. The fourth-order valence-electron chi connectivity index (χ4n) is 4.66. The van der Waals surface area contributed by atoms with Crippen LogP contribution >= 0.6 is 11.6 Å². The minimum absolute atomic E-state index is 0.0241. The lowest BCUT2D eigenvalue weighted by Crippen LogP contribution is -2.27. The molecule has 0 fully saturated rings. The number of pyridine rings is 2. The van der Waals surface area contributed by atoms with Gasteiger partial charge in [-0.15, -0.1) is 0 Å². The average Bonchev–Trinajstić information content (AvgIpc) is 3.26. The first-order valence-corrected chi connectivity index (χ1v) is 13.3. The molecular weight excluding hydrogens is 549 g/mol. The minimum Gasteiger partial charge on any atom is -0.478 e. The Balaban J connectivity index is 1.74. The first kappa shape index (κ1) is 28.0. The van der Waals surface area contributed by atoms with E-state index in [9.17, 15) is 14.7 Å². The van der Waals surface area contributed by atoms with E-state index in [1.54, 1.807) is 49.6 Å². The molecule has 5 aromatic rings. The lowest BCUT2D eigenvalue weighted by molar-refractivity contribution is 0.0633. The molecule has 3 aromatic heterocycles. The van der Waals surface area contributed by atoms with Gasteiger partial charge in [0.2, 0.25) is 0 Å². The highest BCUT2D eigenvalue weighted by atomic mass is 35.5. The molecule has 1 amide bonds. The fourth-order valence-corrected chi connectivity index (χ4v) is 4.87. The van der Waals surface area contributed by atoms with E-state index in [0.717, 1.165) is 6.42 Å². The van der Waals surface area contributed by atoms with Crippen molar-refractivity contribution in [2.24, 2.45) is 0 Å². The second-order valence-corrected chi connectivity index (χ2v) is 10.9. The number of carboxylic acid groups (broad SMARTS) is 1. The molecule has 11 heteroatoms. The van der Waals surface area contributed by atoms with Crippen molar-refractivity contribution in [1.29, 1.82) is 0 Å². The van der Waals surface area contributed by atoms with Crippen LogP contribution in [0.5, 0.6) is 0 Å². The van der Waals surface area contributed by atoms with Gasteiger partial charge in [-0.1, -0.05) is 18.5 Å². The molecule has 2 N–H and O–H groups in total. The first-order valence-electron chi connectivity index (χ1n) is 12.9. The van der Waals surface area contributed by atoms with Crippen LogP contribution in [0.15, 0.2) is 54.9 Å². The van der Waals surface area contributed by atoms with Crippen molar-refractivity contribution in [3.8, 4) is 16.8 Å². The second-order valence-electron chi connectivity index (χ2n) is 10.4. The summed E-state index contributed by atoms with van der Waals surface area (Å²) in [5, 5.41) is 13.3. The quantitative estimate of drug-likeness (QED) is 0.216. The van der Waals surface area contributed by atoms with Crippen LogP contribution in [0.1, 0.15) is 50.3 Å². The zero-order valence-electron chi connectivity index (χ0n) is 22.8. The molecular formula is C30H27ClFN5O4. The number of aryl methyl sites for hydroxylation is 1. The Morgan fingerprint density at radius 1 is 1.05 bits per heavy atom. The Bertz CT molecular complexity index is 1830. The van der Waals surface area contributed by atoms with E-state index in [-0.39, 0.29) is 27.8 Å². The molecule has 210 valence electrons. The summed E-state index contributed by atoms with van der Waals surface area (Å²) >= 11 is 6.36.